The Balaban J connectivity index is 1.86. The molecule has 0 radical (unpaired) electrons. The van der Waals surface area contributed by atoms with Gasteiger partial charge in [0.1, 0.15) is 5.56 Å². The quantitative estimate of drug-likeness (QED) is 0.401. The lowest BCUT2D eigenvalue weighted by molar-refractivity contribution is -0.150. The van der Waals surface area contributed by atoms with E-state index in [1.807, 2.05) is 0 Å². The zero-order chi connectivity index (χ0) is 28.2. The van der Waals surface area contributed by atoms with Crippen molar-refractivity contribution in [3.05, 3.63) is 74.6 Å². The van der Waals surface area contributed by atoms with Gasteiger partial charge in [0.05, 0.1) is 30.2 Å². The molecule has 0 saturated heterocycles. The molecule has 4 rings (SSSR count). The number of fused-ring (bicyclic) bond motifs is 1. The minimum Gasteiger partial charge on any atom is -0.462 e. The van der Waals surface area contributed by atoms with Crippen LogP contribution < -0.4 is 19.9 Å². The van der Waals surface area contributed by atoms with Crippen LogP contribution in [0.4, 0.5) is 24.5 Å². The lowest BCUT2D eigenvalue weighted by atomic mass is 9.92. The molecule has 0 bridgehead atoms. The monoisotopic (exact) mass is 574 g/mol. The number of carbonyl (C=O) groups excluding carboxylic acids is 1. The number of hydrogen-bond donors (Lipinski definition) is 0. The molecule has 1 aromatic heterocycles. The molecule has 1 aliphatic carbocycles. The van der Waals surface area contributed by atoms with Crippen molar-refractivity contribution in [3.8, 4) is 5.69 Å². The van der Waals surface area contributed by atoms with E-state index in [1.165, 1.54) is 45.3 Å². The molecule has 0 amide bonds. The molecule has 1 atom stereocenters. The Morgan fingerprint density at radius 2 is 1.82 bits per heavy atom. The van der Waals surface area contributed by atoms with Gasteiger partial charge in [-0.3, -0.25) is 22.5 Å². The Labute approximate surface area is 220 Å². The molecule has 38 heavy (non-hydrogen) atoms. The molecule has 2 aliphatic rings. The summed E-state index contributed by atoms with van der Waals surface area (Å²) in [5.41, 5.74) is -1.89. The van der Waals surface area contributed by atoms with E-state index >= 15 is 0 Å². The summed E-state index contributed by atoms with van der Waals surface area (Å²) in [6.45, 7) is 0.847. The summed E-state index contributed by atoms with van der Waals surface area (Å²) in [5, 5.41) is 0. The van der Waals surface area contributed by atoms with Gasteiger partial charge in [0, 0.05) is 26.7 Å². The van der Waals surface area contributed by atoms with Crippen molar-refractivity contribution in [1.82, 2.24) is 9.13 Å². The molecule has 0 spiro atoms. The van der Waals surface area contributed by atoms with Crippen molar-refractivity contribution < 1.29 is 31.1 Å². The molecule has 0 saturated carbocycles. The molecule has 204 valence electrons. The van der Waals surface area contributed by atoms with Gasteiger partial charge in [-0.05, 0) is 30.7 Å². The van der Waals surface area contributed by atoms with Crippen LogP contribution in [0, 0.1) is 0 Å². The SMILES string of the molecule is CCOC(=O)c1cn(-c2ccc3c(c2)N(C)S(=O)(=O)N3C)c(=O)n(CC2=CC=CC(Cl)(C(F)(F)F)C2)c1=O. The molecule has 15 heteroatoms. The highest BCUT2D eigenvalue weighted by atomic mass is 35.5. The molecular formula is C23H22ClF3N4O6S. The number of anilines is 2. The number of alkyl halides is 4. The predicted octanol–water partition coefficient (Wildman–Crippen LogP) is 2.73. The van der Waals surface area contributed by atoms with E-state index in [0.29, 0.717) is 10.3 Å². The van der Waals surface area contributed by atoms with Crippen molar-refractivity contribution in [1.29, 1.82) is 0 Å². The first kappa shape index (κ1) is 27.5. The summed E-state index contributed by atoms with van der Waals surface area (Å²) in [4.78, 5) is 36.4. The fourth-order valence-corrected chi connectivity index (χ4v) is 5.59. The third-order valence-electron chi connectivity index (χ3n) is 6.28. The number of carbonyl (C=O) groups is 1. The summed E-state index contributed by atoms with van der Waals surface area (Å²) in [6, 6.07) is 4.22. The van der Waals surface area contributed by atoms with E-state index in [2.05, 4.69) is 0 Å². The van der Waals surface area contributed by atoms with Crippen LogP contribution in [-0.4, -0.2) is 55.3 Å². The Morgan fingerprint density at radius 1 is 1.16 bits per heavy atom. The normalized spacial score (nSPS) is 20.3. The highest BCUT2D eigenvalue weighted by Gasteiger charge is 2.52. The van der Waals surface area contributed by atoms with E-state index in [-0.39, 0.29) is 23.6 Å². The highest BCUT2D eigenvalue weighted by molar-refractivity contribution is 7.94. The molecule has 1 aromatic carbocycles. The minimum absolute atomic E-state index is 0.0213. The van der Waals surface area contributed by atoms with Gasteiger partial charge < -0.3 is 4.74 Å². The molecule has 1 unspecified atom stereocenters. The number of esters is 1. The first-order chi connectivity index (χ1) is 17.6. The maximum Gasteiger partial charge on any atom is 0.411 e. The number of hydrogen-bond acceptors (Lipinski definition) is 6. The second-order valence-corrected chi connectivity index (χ2v) is 11.3. The first-order valence-electron chi connectivity index (χ1n) is 11.2. The Hall–Kier alpha value is -3.52. The van der Waals surface area contributed by atoms with Crippen LogP contribution in [0.25, 0.3) is 5.69 Å². The number of ether oxygens (including phenoxy) is 1. The molecular weight excluding hydrogens is 553 g/mol. The van der Waals surface area contributed by atoms with Crippen molar-refractivity contribution >= 4 is 39.2 Å². The van der Waals surface area contributed by atoms with Crippen LogP contribution in [0.15, 0.2) is 57.8 Å². The molecule has 2 aromatic rings. The summed E-state index contributed by atoms with van der Waals surface area (Å²) in [7, 11) is -1.16. The van der Waals surface area contributed by atoms with Crippen LogP contribution in [0.2, 0.25) is 0 Å². The standard InChI is InChI=1S/C23H22ClF3N4O6S/c1-4-37-20(33)16-13-30(15-7-8-17-18(10-15)29(3)38(35,36)28(17)2)21(34)31(19(16)32)12-14-6-5-9-22(24,11-14)23(25,26)27/h5-10,13H,4,11-12H2,1-3H3. The first-order valence-corrected chi connectivity index (χ1v) is 12.9. The average molecular weight is 575 g/mol. The number of halogens is 4. The van der Waals surface area contributed by atoms with Crippen molar-refractivity contribution in [3.63, 3.8) is 0 Å². The lowest BCUT2D eigenvalue weighted by Crippen LogP contribution is -2.44. The van der Waals surface area contributed by atoms with Crippen molar-refractivity contribution in [2.75, 3.05) is 29.3 Å². The summed E-state index contributed by atoms with van der Waals surface area (Å²) < 4.78 is 74.0. The molecule has 1 aliphatic heterocycles. The maximum absolute atomic E-state index is 13.5. The average Bonchev–Trinajstić information content (AvgIpc) is 3.01. The van der Waals surface area contributed by atoms with E-state index in [0.717, 1.165) is 31.5 Å². The van der Waals surface area contributed by atoms with Crippen LogP contribution in [-0.2, 0) is 21.5 Å². The van der Waals surface area contributed by atoms with E-state index in [4.69, 9.17) is 16.3 Å². The summed E-state index contributed by atoms with van der Waals surface area (Å²) in [5.74, 6) is -1.04. The molecule has 0 fully saturated rings. The van der Waals surface area contributed by atoms with Crippen LogP contribution >= 0.6 is 11.6 Å². The van der Waals surface area contributed by atoms with Crippen LogP contribution in [0.3, 0.4) is 0 Å². The number of rotatable bonds is 5. The van der Waals surface area contributed by atoms with Gasteiger partial charge in [-0.25, -0.2) is 9.59 Å². The number of nitrogens with zero attached hydrogens (tertiary/aromatic N) is 4. The fourth-order valence-electron chi connectivity index (χ4n) is 4.18. The van der Waals surface area contributed by atoms with Gasteiger partial charge >= 0.3 is 28.0 Å². The third kappa shape index (κ3) is 4.41. The smallest absolute Gasteiger partial charge is 0.411 e. The lowest BCUT2D eigenvalue weighted by Gasteiger charge is -2.29. The van der Waals surface area contributed by atoms with Gasteiger partial charge in [-0.1, -0.05) is 18.2 Å². The third-order valence-corrected chi connectivity index (χ3v) is 8.53. The van der Waals surface area contributed by atoms with Gasteiger partial charge in [0.2, 0.25) is 0 Å². The zero-order valence-electron chi connectivity index (χ0n) is 20.3. The second-order valence-electron chi connectivity index (χ2n) is 8.64. The maximum atomic E-state index is 13.5. The predicted molar refractivity (Wildman–Crippen MR) is 134 cm³/mol. The van der Waals surface area contributed by atoms with E-state index in [1.54, 1.807) is 0 Å². The topological polar surface area (TPSA) is 111 Å². The Morgan fingerprint density at radius 3 is 2.45 bits per heavy atom. The van der Waals surface area contributed by atoms with Crippen molar-refractivity contribution in [2.24, 2.45) is 0 Å². The fraction of sp³-hybridized carbons (Fsp3) is 0.348. The van der Waals surface area contributed by atoms with Gasteiger partial charge in [0.15, 0.2) is 4.87 Å². The zero-order valence-corrected chi connectivity index (χ0v) is 21.9. The summed E-state index contributed by atoms with van der Waals surface area (Å²) in [6.07, 6.45) is -1.38. The minimum atomic E-state index is -4.80. The van der Waals surface area contributed by atoms with Gasteiger partial charge in [-0.2, -0.15) is 21.6 Å². The van der Waals surface area contributed by atoms with E-state index < -0.39 is 57.0 Å². The molecule has 2 heterocycles. The number of aromatic nitrogens is 2. The van der Waals surface area contributed by atoms with Gasteiger partial charge in [0.25, 0.3) is 5.56 Å². The van der Waals surface area contributed by atoms with Crippen molar-refractivity contribution in [2.45, 2.75) is 30.9 Å². The second kappa shape index (κ2) is 9.34. The number of allylic oxidation sites excluding steroid dienone is 4. The number of benzene rings is 1. The summed E-state index contributed by atoms with van der Waals surface area (Å²) >= 11 is 5.79. The highest BCUT2D eigenvalue weighted by Crippen LogP contribution is 2.44. The molecule has 0 N–H and O–H groups in total. The van der Waals surface area contributed by atoms with E-state index in [9.17, 15) is 36.0 Å². The molecule has 10 nitrogen and oxygen atoms in total. The largest absolute Gasteiger partial charge is 0.462 e. The Kier molecular flexibility index (Phi) is 6.77. The Bertz CT molecular complexity index is 1610. The van der Waals surface area contributed by atoms with Crippen LogP contribution in [0.1, 0.15) is 23.7 Å². The van der Waals surface area contributed by atoms with Crippen LogP contribution in [0.5, 0.6) is 0 Å². The van der Waals surface area contributed by atoms with Gasteiger partial charge in [-0.15, -0.1) is 11.6 Å².